The number of rotatable bonds is 10. The first kappa shape index (κ1) is 46.1. The molecule has 4 aromatic rings. The maximum atomic E-state index is 9.55. The largest absolute Gasteiger partial charge is 0.478 e. The number of nitrogens with zero attached hydrogens (tertiary/aromatic N) is 6. The van der Waals surface area contributed by atoms with Crippen LogP contribution >= 0.6 is 0 Å². The first-order chi connectivity index (χ1) is 27.4. The molecule has 10 N–H and O–H groups in total. The molecule has 58 heavy (non-hydrogen) atoms. The number of benzene rings is 2. The predicted octanol–water partition coefficient (Wildman–Crippen LogP) is 2.84. The van der Waals surface area contributed by atoms with Crippen molar-refractivity contribution in [3.63, 3.8) is 0 Å². The van der Waals surface area contributed by atoms with Gasteiger partial charge in [-0.25, -0.2) is 38.7 Å². The van der Waals surface area contributed by atoms with E-state index >= 15 is 0 Å². The minimum atomic E-state index is -1.26. The Morgan fingerprint density at radius 3 is 1.09 bits per heavy atom. The molecule has 0 saturated carbocycles. The first-order valence-corrected chi connectivity index (χ1v) is 16.7. The van der Waals surface area contributed by atoms with Crippen LogP contribution in [0.25, 0.3) is 22.1 Å². The average molecular weight is 807 g/mol. The highest BCUT2D eigenvalue weighted by Gasteiger charge is 2.13. The molecule has 22 heteroatoms. The number of hydrazine groups is 2. The van der Waals surface area contributed by atoms with Crippen LogP contribution in [0.5, 0.6) is 0 Å². The number of H-pyrrole nitrogens is 2. The van der Waals surface area contributed by atoms with Crippen LogP contribution < -0.4 is 10.9 Å². The molecule has 0 atom stereocenters. The van der Waals surface area contributed by atoms with Gasteiger partial charge in [0.2, 0.25) is 0 Å². The second-order valence-corrected chi connectivity index (χ2v) is 11.7. The van der Waals surface area contributed by atoms with E-state index in [1.807, 2.05) is 22.7 Å². The van der Waals surface area contributed by atoms with E-state index in [0.29, 0.717) is 36.5 Å². The number of nitrogens with one attached hydrogen (secondary N) is 4. The summed E-state index contributed by atoms with van der Waals surface area (Å²) in [5, 5.41) is 50.9. The molecule has 0 amide bonds. The van der Waals surface area contributed by atoms with Crippen LogP contribution in [0.1, 0.15) is 22.3 Å². The number of fused-ring (bicyclic) bond motifs is 2. The van der Waals surface area contributed by atoms with Crippen molar-refractivity contribution < 1.29 is 59.4 Å². The van der Waals surface area contributed by atoms with E-state index in [-0.39, 0.29) is 0 Å². The van der Waals surface area contributed by atoms with Gasteiger partial charge in [0.15, 0.2) is 0 Å². The number of hydrogen-bond acceptors (Lipinski definition) is 14. The van der Waals surface area contributed by atoms with Gasteiger partial charge in [-0.2, -0.15) is 0 Å². The summed E-state index contributed by atoms with van der Waals surface area (Å²) in [6, 6.07) is 4.26. The number of aryl methyl sites for hydroxylation is 4. The number of aromatic amines is 2. The molecular formula is C36H42N10O12. The van der Waals surface area contributed by atoms with Gasteiger partial charge in [-0.3, -0.25) is 30.9 Å². The molecule has 2 aromatic carbocycles. The van der Waals surface area contributed by atoms with Gasteiger partial charge in [-0.05, 0) is 62.1 Å². The third-order valence-corrected chi connectivity index (χ3v) is 7.32. The summed E-state index contributed by atoms with van der Waals surface area (Å²) in [6.45, 7) is 11.9. The summed E-state index contributed by atoms with van der Waals surface area (Å²) in [5.74, 6) is -7.54. The number of aliphatic carboxylic acids is 6. The maximum absolute atomic E-state index is 9.55. The van der Waals surface area contributed by atoms with Crippen molar-refractivity contribution in [2.75, 3.05) is 37.0 Å². The Morgan fingerprint density at radius 2 is 0.845 bits per heavy atom. The number of aliphatic imine (C=N–C) groups is 2. The molecule has 308 valence electrons. The second kappa shape index (κ2) is 23.0. The molecule has 0 unspecified atom stereocenters. The van der Waals surface area contributed by atoms with E-state index in [1.54, 1.807) is 12.7 Å². The van der Waals surface area contributed by atoms with Gasteiger partial charge < -0.3 is 40.6 Å². The van der Waals surface area contributed by atoms with Crippen molar-refractivity contribution in [1.29, 1.82) is 0 Å². The molecule has 2 aromatic heterocycles. The van der Waals surface area contributed by atoms with E-state index in [1.165, 1.54) is 22.3 Å². The van der Waals surface area contributed by atoms with E-state index in [9.17, 15) is 28.8 Å². The van der Waals surface area contributed by atoms with Crippen molar-refractivity contribution in [2.45, 2.75) is 27.7 Å². The lowest BCUT2D eigenvalue weighted by atomic mass is 10.1. The molecule has 0 bridgehead atoms. The fourth-order valence-electron chi connectivity index (χ4n) is 4.71. The highest BCUT2D eigenvalue weighted by atomic mass is 16.4. The van der Waals surface area contributed by atoms with Crippen molar-refractivity contribution in [3.8, 4) is 0 Å². The molecular weight excluding hydrogens is 764 g/mol. The van der Waals surface area contributed by atoms with Crippen molar-refractivity contribution >= 4 is 81.9 Å². The Hall–Kier alpha value is -8.04. The molecule has 22 nitrogen and oxygen atoms in total. The Kier molecular flexibility index (Phi) is 18.3. The SMILES string of the molecule is Cc1cc(NN2C=NCC2)c(C)c2[nH]cnc12.Cc1cc(NN2C=NCC2)c(C)c2[nH]cnc12.O=C(O)/C=C/C(=O)O.O=C(O)/C=C/C(=O)O.O=C(O)/C=C/C(=O)O. The number of carbonyl (C=O) groups is 6. The van der Waals surface area contributed by atoms with Crippen LogP contribution in [-0.4, -0.2) is 135 Å². The molecule has 2 aliphatic rings. The molecule has 0 aliphatic carbocycles. The zero-order chi connectivity index (χ0) is 43.4. The fraction of sp³-hybridized carbons (Fsp3) is 0.222. The van der Waals surface area contributed by atoms with Crippen LogP contribution in [0.15, 0.2) is 71.2 Å². The quantitative estimate of drug-likeness (QED) is 0.103. The summed E-state index contributed by atoms with van der Waals surface area (Å²) in [4.78, 5) is 80.7. The topological polar surface area (TPSA) is 336 Å². The average Bonchev–Trinajstić information content (AvgIpc) is 4.00. The Balaban J connectivity index is 0.000000265. The second-order valence-electron chi connectivity index (χ2n) is 11.7. The number of hydrogen-bond donors (Lipinski definition) is 10. The van der Waals surface area contributed by atoms with Crippen molar-refractivity contribution in [2.24, 2.45) is 9.98 Å². The molecule has 0 spiro atoms. The number of carboxylic acids is 6. The van der Waals surface area contributed by atoms with Gasteiger partial charge in [0.25, 0.3) is 0 Å². The van der Waals surface area contributed by atoms with Gasteiger partial charge in [0.1, 0.15) is 12.7 Å². The number of carboxylic acid groups (broad SMARTS) is 6. The highest BCUT2D eigenvalue weighted by molar-refractivity contribution is 5.91. The smallest absolute Gasteiger partial charge is 0.328 e. The minimum Gasteiger partial charge on any atom is -0.478 e. The Labute approximate surface area is 329 Å². The van der Waals surface area contributed by atoms with Crippen LogP contribution in [0, 0.1) is 27.7 Å². The summed E-state index contributed by atoms with van der Waals surface area (Å²) in [6.07, 6.45) is 10.5. The molecule has 4 heterocycles. The van der Waals surface area contributed by atoms with Gasteiger partial charge in [-0.15, -0.1) is 0 Å². The van der Waals surface area contributed by atoms with Crippen LogP contribution in [0.4, 0.5) is 11.4 Å². The third kappa shape index (κ3) is 16.1. The van der Waals surface area contributed by atoms with Gasteiger partial charge in [0, 0.05) is 36.5 Å². The van der Waals surface area contributed by atoms with E-state index in [0.717, 1.165) is 59.6 Å². The highest BCUT2D eigenvalue weighted by Crippen LogP contribution is 2.27. The summed E-state index contributed by atoms with van der Waals surface area (Å²) >= 11 is 0. The van der Waals surface area contributed by atoms with Crippen molar-refractivity contribution in [1.82, 2.24) is 30.0 Å². The first-order valence-electron chi connectivity index (χ1n) is 16.7. The van der Waals surface area contributed by atoms with Crippen molar-refractivity contribution in [3.05, 3.63) is 83.5 Å². The van der Waals surface area contributed by atoms with Gasteiger partial charge in [-0.1, -0.05) is 0 Å². The summed E-state index contributed by atoms with van der Waals surface area (Å²) in [5.41, 5.74) is 17.9. The fourth-order valence-corrected chi connectivity index (χ4v) is 4.71. The maximum Gasteiger partial charge on any atom is 0.328 e. The molecule has 0 fully saturated rings. The summed E-state index contributed by atoms with van der Waals surface area (Å²) in [7, 11) is 0. The normalized spacial score (nSPS) is 12.6. The summed E-state index contributed by atoms with van der Waals surface area (Å²) < 4.78 is 0. The lowest BCUT2D eigenvalue weighted by molar-refractivity contribution is -0.134. The molecule has 2 aliphatic heterocycles. The Bertz CT molecular complexity index is 2020. The van der Waals surface area contributed by atoms with E-state index < -0.39 is 35.8 Å². The van der Waals surface area contributed by atoms with E-state index in [2.05, 4.69) is 80.6 Å². The van der Waals surface area contributed by atoms with Crippen LogP contribution in [-0.2, 0) is 28.8 Å². The zero-order valence-electron chi connectivity index (χ0n) is 31.6. The minimum absolute atomic E-state index is 0.558. The Morgan fingerprint density at radius 1 is 0.552 bits per heavy atom. The lowest BCUT2D eigenvalue weighted by Gasteiger charge is -2.19. The zero-order valence-corrected chi connectivity index (χ0v) is 31.6. The standard InChI is InChI=1S/2C12H15N5.3C4H4O4/c2*1-8-5-10(16-17-4-3-13-7-17)9(2)12-11(8)14-6-15-12;3*5-3(6)1-2-4(7)8/h2*5-7,16H,3-4H2,1-2H3,(H,14,15);3*1-2H,(H,5,6)(H,7,8)/b;;3*2-1+. The third-order valence-electron chi connectivity index (χ3n) is 7.32. The molecule has 0 saturated heterocycles. The van der Waals surface area contributed by atoms with E-state index in [4.69, 9.17) is 30.6 Å². The molecule has 0 radical (unpaired) electrons. The predicted molar refractivity (Wildman–Crippen MR) is 212 cm³/mol. The number of imidazole rings is 2. The van der Waals surface area contributed by atoms with Crippen LogP contribution in [0.3, 0.4) is 0 Å². The molecule has 6 rings (SSSR count). The van der Waals surface area contributed by atoms with Gasteiger partial charge in [0.05, 0.1) is 72.3 Å². The monoisotopic (exact) mass is 806 g/mol. The van der Waals surface area contributed by atoms with Gasteiger partial charge >= 0.3 is 35.8 Å². The lowest BCUT2D eigenvalue weighted by Crippen LogP contribution is -2.26. The number of anilines is 2. The number of aromatic nitrogens is 4. The van der Waals surface area contributed by atoms with Crippen LogP contribution in [0.2, 0.25) is 0 Å².